The molecule has 0 fully saturated rings. The normalized spacial score (nSPS) is 15.2. The molecule has 2 aromatic carbocycles. The summed E-state index contributed by atoms with van der Waals surface area (Å²) in [4.78, 5) is 47.2. The monoisotopic (exact) mass is 1160 g/mol. The van der Waals surface area contributed by atoms with Gasteiger partial charge in [-0.3, -0.25) is 0 Å². The molecule has 82 heavy (non-hydrogen) atoms. The molecule has 2 atom stereocenters. The van der Waals surface area contributed by atoms with Gasteiger partial charge in [0.05, 0.1) is 62.4 Å². The topological polar surface area (TPSA) is 158 Å². The lowest BCUT2D eigenvalue weighted by molar-refractivity contribution is -0.172. The van der Waals surface area contributed by atoms with Crippen molar-refractivity contribution in [3.63, 3.8) is 0 Å². The molecule has 7 rings (SSSR count). The summed E-state index contributed by atoms with van der Waals surface area (Å²) in [7, 11) is -4.79. The van der Waals surface area contributed by atoms with Gasteiger partial charge < -0.3 is 38.7 Å². The first-order chi connectivity index (χ1) is 40.3. The van der Waals surface area contributed by atoms with Crippen molar-refractivity contribution in [2.45, 2.75) is 196 Å². The van der Waals surface area contributed by atoms with Crippen LogP contribution in [0.1, 0.15) is 230 Å². The first kappa shape index (κ1) is 64.2. The third-order valence-electron chi connectivity index (χ3n) is 15.0. The van der Waals surface area contributed by atoms with Gasteiger partial charge in [0, 0.05) is 34.7 Å². The van der Waals surface area contributed by atoms with Crippen molar-refractivity contribution in [1.29, 1.82) is 0 Å². The third-order valence-corrected chi connectivity index (χ3v) is 17.6. The van der Waals surface area contributed by atoms with Gasteiger partial charge in [0.15, 0.2) is 0 Å². The Bertz CT molecular complexity index is 2640. The highest BCUT2D eigenvalue weighted by Gasteiger charge is 2.31. The number of aliphatic imine (C=N–C) groups is 2. The summed E-state index contributed by atoms with van der Waals surface area (Å²) in [5.74, 6) is 2.80. The van der Waals surface area contributed by atoms with Crippen LogP contribution in [0.4, 0.5) is 0 Å². The van der Waals surface area contributed by atoms with Crippen molar-refractivity contribution in [2.75, 3.05) is 39.6 Å². The van der Waals surface area contributed by atoms with Crippen LogP contribution in [-0.2, 0) is 9.05 Å². The average Bonchev–Trinajstić information content (AvgIpc) is 4.47. The van der Waals surface area contributed by atoms with E-state index in [2.05, 4.69) is 37.7 Å². The molecule has 0 amide bonds. The van der Waals surface area contributed by atoms with Gasteiger partial charge in [-0.15, -0.1) is 0 Å². The molecule has 5 heterocycles. The Morgan fingerprint density at radius 2 is 0.659 bits per heavy atom. The third kappa shape index (κ3) is 19.4. The van der Waals surface area contributed by atoms with E-state index >= 15 is 0 Å². The van der Waals surface area contributed by atoms with Crippen LogP contribution in [0.5, 0.6) is 23.0 Å². The summed E-state index contributed by atoms with van der Waals surface area (Å²) < 4.78 is 38.2. The maximum absolute atomic E-state index is 14.6. The van der Waals surface area contributed by atoms with Gasteiger partial charge in [0.2, 0.25) is 26.6 Å². The molecule has 444 valence electrons. The molecule has 0 radical (unpaired) electrons. The lowest BCUT2D eigenvalue weighted by Crippen LogP contribution is -2.17. The van der Waals surface area contributed by atoms with E-state index in [1.807, 2.05) is 98.8 Å². The molecule has 3 aliphatic rings. The van der Waals surface area contributed by atoms with E-state index in [9.17, 15) is 9.79 Å². The number of nitrogens with one attached hydrogen (secondary N) is 2. The van der Waals surface area contributed by atoms with Crippen LogP contribution in [0.2, 0.25) is 0 Å². The highest BCUT2D eigenvalue weighted by atomic mass is 31.1. The Labute approximate surface area is 493 Å². The van der Waals surface area contributed by atoms with E-state index in [0.717, 1.165) is 73.6 Å². The molecule has 14 heteroatoms. The van der Waals surface area contributed by atoms with Crippen LogP contribution >= 0.6 is 16.0 Å². The molecule has 8 bridgehead atoms. The van der Waals surface area contributed by atoms with Gasteiger partial charge in [0.1, 0.15) is 34.4 Å². The molecule has 3 aliphatic heterocycles. The number of rotatable bonds is 38. The first-order valence-electron chi connectivity index (χ1n) is 31.5. The molecule has 2 N–H and O–H groups in total. The number of aromatic nitrogens is 2. The minimum atomic E-state index is -2.40. The van der Waals surface area contributed by atoms with Gasteiger partial charge in [-0.25, -0.2) is 9.98 Å². The van der Waals surface area contributed by atoms with Gasteiger partial charge in [-0.2, -0.15) is 9.05 Å². The zero-order chi connectivity index (χ0) is 57.7. The second-order valence-electron chi connectivity index (χ2n) is 21.7. The SMILES string of the molecule is CCCCCCCCOc1cc(OCCCCCCCC)cc(C2=C3C=CC(=N3)C(=[P+]([O-])OCC)c3ccc([nH]3)C(c3cc(OCCCCCCCC)cc(OCCCCCCCC)c3)=C3C=CC(=N3)C(=[P+]([O-])OCC)c3ccc2[nH]3)c1. The number of nitrogens with zero attached hydrogens (tertiary/aromatic N) is 2. The van der Waals surface area contributed by atoms with Crippen LogP contribution in [0.25, 0.3) is 11.1 Å². The molecule has 12 nitrogen and oxygen atoms in total. The Kier molecular flexibility index (Phi) is 28.0. The molecular formula is C68H94N4O8P2. The lowest BCUT2D eigenvalue weighted by Gasteiger charge is -2.15. The van der Waals surface area contributed by atoms with Gasteiger partial charge in [-0.05, 0) is 123 Å². The highest BCUT2D eigenvalue weighted by molar-refractivity contribution is 7.51. The summed E-state index contributed by atoms with van der Waals surface area (Å²) in [6.45, 7) is 15.4. The number of fused-ring (bicyclic) bond motifs is 6. The van der Waals surface area contributed by atoms with Gasteiger partial charge in [-0.1, -0.05) is 156 Å². The summed E-state index contributed by atoms with van der Waals surface area (Å²) in [5, 5.41) is 0.872. The van der Waals surface area contributed by atoms with Gasteiger partial charge >= 0.3 is 0 Å². The minimum absolute atomic E-state index is 0.239. The fraction of sp³-hybridized carbons (Fsp3) is 0.529. The maximum atomic E-state index is 14.6. The summed E-state index contributed by atoms with van der Waals surface area (Å²) in [5.41, 5.74) is 7.98. The molecule has 2 aromatic heterocycles. The summed E-state index contributed by atoms with van der Waals surface area (Å²) in [6, 6.07) is 20.0. The fourth-order valence-corrected chi connectivity index (χ4v) is 12.6. The van der Waals surface area contributed by atoms with E-state index in [-0.39, 0.29) is 13.2 Å². The minimum Gasteiger partial charge on any atom is -0.602 e. The van der Waals surface area contributed by atoms with E-state index in [0.29, 0.717) is 106 Å². The Morgan fingerprint density at radius 3 is 0.963 bits per heavy atom. The second kappa shape index (κ2) is 35.7. The number of allylic oxidation sites excluding steroid dienone is 4. The predicted molar refractivity (Wildman–Crippen MR) is 340 cm³/mol. The molecular weight excluding hydrogens is 1060 g/mol. The zero-order valence-corrected chi connectivity index (χ0v) is 52.1. The number of H-pyrrole nitrogens is 2. The van der Waals surface area contributed by atoms with Crippen molar-refractivity contribution >= 4 is 49.2 Å². The summed E-state index contributed by atoms with van der Waals surface area (Å²) >= 11 is 0. The molecule has 0 spiro atoms. The average molecular weight is 1160 g/mol. The number of aromatic amines is 2. The van der Waals surface area contributed by atoms with Crippen molar-refractivity contribution in [3.05, 3.63) is 130 Å². The van der Waals surface area contributed by atoms with Crippen LogP contribution < -0.4 is 28.7 Å². The van der Waals surface area contributed by atoms with E-state index in [1.165, 1.54) is 103 Å². The quantitative estimate of drug-likeness (QED) is 0.0332. The smallest absolute Gasteiger partial charge is 0.233 e. The fourth-order valence-electron chi connectivity index (χ4n) is 10.6. The van der Waals surface area contributed by atoms with E-state index in [4.69, 9.17) is 38.0 Å². The van der Waals surface area contributed by atoms with E-state index < -0.39 is 16.0 Å². The largest absolute Gasteiger partial charge is 0.602 e. The predicted octanol–water partition coefficient (Wildman–Crippen LogP) is 17.0. The molecule has 4 aromatic rings. The Morgan fingerprint density at radius 1 is 0.366 bits per heavy atom. The van der Waals surface area contributed by atoms with E-state index in [1.54, 1.807) is 0 Å². The Hall–Kier alpha value is -5.32. The summed E-state index contributed by atoms with van der Waals surface area (Å²) in [6.07, 6.45) is 35.5. The van der Waals surface area contributed by atoms with Crippen molar-refractivity contribution in [2.24, 2.45) is 9.98 Å². The van der Waals surface area contributed by atoms with Crippen LogP contribution in [0.15, 0.2) is 106 Å². The van der Waals surface area contributed by atoms with Crippen molar-refractivity contribution in [1.82, 2.24) is 9.97 Å². The highest BCUT2D eigenvalue weighted by Crippen LogP contribution is 2.40. The molecule has 0 saturated heterocycles. The number of ether oxygens (including phenoxy) is 4. The standard InChI is InChI=1S/C68H94N4O8P2/c1-7-13-17-21-25-29-41-75-53-45-51(46-54(49-53)76-42-30-26-22-18-14-8-2)65-57-33-37-61(69-57)67(81(73)79-11-5)63-39-35-59(71-63)66(60-36-40-64(72-60)68(82(74)80-12-6)62-38-34-58(65)70-62)52-47-55(77-43-31-27-23-19-15-9-3)50-56(48-52)78-44-32-28-24-20-16-10-4/h33-40,45-50,69,72H,7-32,41-44H2,1-6H3. The van der Waals surface area contributed by atoms with Crippen molar-refractivity contribution in [3.8, 4) is 23.0 Å². The molecule has 2 unspecified atom stereocenters. The second-order valence-corrected chi connectivity index (χ2v) is 24.1. The molecule has 0 saturated carbocycles. The van der Waals surface area contributed by atoms with Crippen LogP contribution in [-0.4, -0.2) is 71.6 Å². The number of benzene rings is 2. The molecule has 0 aliphatic carbocycles. The lowest BCUT2D eigenvalue weighted by atomic mass is 10.00. The number of hydrogen-bond acceptors (Lipinski definition) is 10. The zero-order valence-electron chi connectivity index (χ0n) is 50.4. The van der Waals surface area contributed by atoms with Crippen LogP contribution in [0, 0.1) is 0 Å². The van der Waals surface area contributed by atoms with Crippen LogP contribution in [0.3, 0.4) is 0 Å². The maximum Gasteiger partial charge on any atom is 0.233 e. The first-order valence-corrected chi connectivity index (χ1v) is 33.8. The number of hydrogen-bond donors (Lipinski definition) is 2. The Balaban J connectivity index is 1.35. The van der Waals surface area contributed by atoms with Gasteiger partial charge in [0.25, 0.3) is 0 Å². The van der Waals surface area contributed by atoms with Crippen molar-refractivity contribution < 1.29 is 37.8 Å². The number of unbranched alkanes of at least 4 members (excludes halogenated alkanes) is 20.